The topological polar surface area (TPSA) is 108 Å². The van der Waals surface area contributed by atoms with Gasteiger partial charge in [0.1, 0.15) is 6.61 Å². The van der Waals surface area contributed by atoms with E-state index in [0.717, 1.165) is 16.5 Å². The summed E-state index contributed by atoms with van der Waals surface area (Å²) in [5, 5.41) is 19.1. The molecule has 33 heavy (non-hydrogen) atoms. The Balaban J connectivity index is 1.34. The van der Waals surface area contributed by atoms with Crippen molar-refractivity contribution in [2.45, 2.75) is 18.4 Å². The van der Waals surface area contributed by atoms with Gasteiger partial charge in [-0.15, -0.1) is 0 Å². The van der Waals surface area contributed by atoms with Crippen molar-refractivity contribution in [2.24, 2.45) is 0 Å². The Morgan fingerprint density at radius 3 is 2.48 bits per heavy atom. The summed E-state index contributed by atoms with van der Waals surface area (Å²) >= 11 is 0. The van der Waals surface area contributed by atoms with Gasteiger partial charge in [0.2, 0.25) is 0 Å². The average Bonchev–Trinajstić information content (AvgIpc) is 3.23. The zero-order valence-electron chi connectivity index (χ0n) is 17.1. The number of anilines is 1. The molecule has 1 aliphatic heterocycles. The number of amides is 2. The number of alkyl halides is 3. The largest absolute Gasteiger partial charge is 0.445 e. The molecule has 4 rings (SSSR count). The molecule has 172 valence electrons. The molecular formula is C22H19F3N4O4. The predicted molar refractivity (Wildman–Crippen MR) is 111 cm³/mol. The number of nitrogens with one attached hydrogen (secondary N) is 2. The number of carbonyl (C=O) groups excluding carboxylic acids is 2. The Kier molecular flexibility index (Phi) is 5.81. The van der Waals surface area contributed by atoms with E-state index >= 15 is 0 Å². The van der Waals surface area contributed by atoms with Crippen LogP contribution in [-0.4, -0.2) is 50.9 Å². The monoisotopic (exact) mass is 460 g/mol. The molecule has 1 aliphatic rings. The molecule has 3 aromatic rings. The second kappa shape index (κ2) is 8.58. The Morgan fingerprint density at radius 1 is 1.12 bits per heavy atom. The molecule has 0 saturated carbocycles. The first kappa shape index (κ1) is 22.3. The molecule has 11 heteroatoms. The van der Waals surface area contributed by atoms with Crippen LogP contribution in [-0.2, 0) is 22.3 Å². The zero-order chi connectivity index (χ0) is 23.6. The lowest BCUT2D eigenvalue weighted by Gasteiger charge is -2.43. The number of aromatic nitrogens is 2. The highest BCUT2D eigenvalue weighted by molar-refractivity contribution is 5.99. The molecule has 1 saturated heterocycles. The summed E-state index contributed by atoms with van der Waals surface area (Å²) in [6.07, 6.45) is -5.24. The van der Waals surface area contributed by atoms with Crippen LogP contribution < -0.4 is 5.32 Å². The molecule has 1 fully saturated rings. The van der Waals surface area contributed by atoms with Gasteiger partial charge < -0.3 is 20.1 Å². The number of halogens is 3. The first-order chi connectivity index (χ1) is 15.7. The summed E-state index contributed by atoms with van der Waals surface area (Å²) in [6, 6.07) is 15.2. The average molecular weight is 460 g/mol. The minimum atomic E-state index is -4.56. The summed E-state index contributed by atoms with van der Waals surface area (Å²) in [6.45, 7) is -0.530. The fourth-order valence-corrected chi connectivity index (χ4v) is 3.39. The minimum Gasteiger partial charge on any atom is -0.445 e. The van der Waals surface area contributed by atoms with E-state index in [2.05, 4.69) is 15.5 Å². The SMILES string of the molecule is O=C(OCc1ccccc1)N1CC(O)(C(=O)Nc2cc(-c3ccccc3C(F)(F)F)[nH]n2)C1. The third-order valence-corrected chi connectivity index (χ3v) is 5.13. The molecule has 2 aromatic carbocycles. The van der Waals surface area contributed by atoms with Crippen molar-refractivity contribution in [2.75, 3.05) is 18.4 Å². The lowest BCUT2D eigenvalue weighted by atomic mass is 9.93. The summed E-state index contributed by atoms with van der Waals surface area (Å²) in [7, 11) is 0. The van der Waals surface area contributed by atoms with Crippen LogP contribution in [0.4, 0.5) is 23.8 Å². The van der Waals surface area contributed by atoms with Crippen molar-refractivity contribution in [1.82, 2.24) is 15.1 Å². The summed E-state index contributed by atoms with van der Waals surface area (Å²) < 4.78 is 44.9. The molecule has 2 amide bonds. The molecule has 0 aliphatic carbocycles. The summed E-state index contributed by atoms with van der Waals surface area (Å²) in [5.74, 6) is -0.901. The maximum atomic E-state index is 13.2. The standard InChI is InChI=1S/C22H19F3N4O4/c23-22(24,25)16-9-5-4-8-15(16)17-10-18(28-27-17)26-19(30)21(32)12-29(13-21)20(31)33-11-14-6-2-1-3-7-14/h1-10,32H,11-13H2,(H2,26,27,28,30). The number of β-amino-alcohol motifs (C(OH)–C–C–N with tert-alkyl or cyclic N) is 1. The molecule has 0 radical (unpaired) electrons. The number of rotatable bonds is 5. The molecule has 0 spiro atoms. The van der Waals surface area contributed by atoms with Crippen molar-refractivity contribution in [3.8, 4) is 11.3 Å². The zero-order valence-corrected chi connectivity index (χ0v) is 17.1. The van der Waals surface area contributed by atoms with Crippen LogP contribution in [0.25, 0.3) is 11.3 Å². The van der Waals surface area contributed by atoms with Crippen LogP contribution in [0.2, 0.25) is 0 Å². The second-order valence-corrected chi connectivity index (χ2v) is 7.59. The van der Waals surface area contributed by atoms with E-state index in [1.165, 1.54) is 24.3 Å². The van der Waals surface area contributed by atoms with Crippen LogP contribution in [0.1, 0.15) is 11.1 Å². The van der Waals surface area contributed by atoms with Crippen LogP contribution >= 0.6 is 0 Å². The van der Waals surface area contributed by atoms with Gasteiger partial charge in [-0.25, -0.2) is 4.79 Å². The van der Waals surface area contributed by atoms with Crippen LogP contribution in [0.5, 0.6) is 0 Å². The predicted octanol–water partition coefficient (Wildman–Crippen LogP) is 3.42. The Bertz CT molecular complexity index is 1160. The molecule has 0 unspecified atom stereocenters. The van der Waals surface area contributed by atoms with E-state index in [1.807, 2.05) is 6.07 Å². The first-order valence-corrected chi connectivity index (χ1v) is 9.87. The lowest BCUT2D eigenvalue weighted by Crippen LogP contribution is -2.68. The van der Waals surface area contributed by atoms with Gasteiger partial charge in [0.05, 0.1) is 24.3 Å². The molecule has 2 heterocycles. The second-order valence-electron chi connectivity index (χ2n) is 7.59. The number of likely N-dealkylation sites (tertiary alicyclic amines) is 1. The number of aromatic amines is 1. The van der Waals surface area contributed by atoms with Gasteiger partial charge in [-0.05, 0) is 11.6 Å². The highest BCUT2D eigenvalue weighted by Crippen LogP contribution is 2.36. The van der Waals surface area contributed by atoms with Crippen LogP contribution in [0.3, 0.4) is 0 Å². The number of hydrogen-bond donors (Lipinski definition) is 3. The maximum Gasteiger partial charge on any atom is 0.417 e. The Morgan fingerprint density at radius 2 is 1.79 bits per heavy atom. The smallest absolute Gasteiger partial charge is 0.417 e. The van der Waals surface area contributed by atoms with Crippen LogP contribution in [0, 0.1) is 0 Å². The van der Waals surface area contributed by atoms with Gasteiger partial charge in [0.25, 0.3) is 5.91 Å². The van der Waals surface area contributed by atoms with Gasteiger partial charge in [-0.1, -0.05) is 48.5 Å². The summed E-state index contributed by atoms with van der Waals surface area (Å²) in [5.41, 5.74) is -2.01. The fourth-order valence-electron chi connectivity index (χ4n) is 3.39. The van der Waals surface area contributed by atoms with Gasteiger partial charge in [-0.2, -0.15) is 18.3 Å². The van der Waals surface area contributed by atoms with Crippen molar-refractivity contribution in [1.29, 1.82) is 0 Å². The summed E-state index contributed by atoms with van der Waals surface area (Å²) in [4.78, 5) is 25.7. The Labute approximate surface area is 186 Å². The highest BCUT2D eigenvalue weighted by Gasteiger charge is 2.50. The van der Waals surface area contributed by atoms with Crippen molar-refractivity contribution in [3.63, 3.8) is 0 Å². The third-order valence-electron chi connectivity index (χ3n) is 5.13. The van der Waals surface area contributed by atoms with E-state index in [4.69, 9.17) is 4.74 Å². The van der Waals surface area contributed by atoms with E-state index in [-0.39, 0.29) is 36.8 Å². The number of ether oxygens (including phenoxy) is 1. The lowest BCUT2D eigenvalue weighted by molar-refractivity contribution is -0.150. The van der Waals surface area contributed by atoms with Crippen molar-refractivity contribution >= 4 is 17.8 Å². The number of nitrogens with zero attached hydrogens (tertiary/aromatic N) is 2. The Hall–Kier alpha value is -3.86. The van der Waals surface area contributed by atoms with E-state index < -0.39 is 29.3 Å². The fraction of sp³-hybridized carbons (Fsp3) is 0.227. The first-order valence-electron chi connectivity index (χ1n) is 9.87. The quantitative estimate of drug-likeness (QED) is 0.541. The van der Waals surface area contributed by atoms with Gasteiger partial charge >= 0.3 is 12.3 Å². The normalized spacial score (nSPS) is 15.0. The van der Waals surface area contributed by atoms with Crippen LogP contribution in [0.15, 0.2) is 60.7 Å². The maximum absolute atomic E-state index is 13.2. The highest BCUT2D eigenvalue weighted by atomic mass is 19.4. The van der Waals surface area contributed by atoms with E-state index in [9.17, 15) is 27.9 Å². The number of H-pyrrole nitrogens is 1. The molecule has 1 aromatic heterocycles. The van der Waals surface area contributed by atoms with E-state index in [1.54, 1.807) is 24.3 Å². The van der Waals surface area contributed by atoms with Crippen molar-refractivity contribution in [3.05, 3.63) is 71.8 Å². The van der Waals surface area contributed by atoms with Gasteiger partial charge in [-0.3, -0.25) is 9.89 Å². The molecular weight excluding hydrogens is 441 g/mol. The molecule has 3 N–H and O–H groups in total. The number of benzene rings is 2. The van der Waals surface area contributed by atoms with Crippen molar-refractivity contribution < 1.29 is 32.6 Å². The number of aliphatic hydroxyl groups is 1. The van der Waals surface area contributed by atoms with Gasteiger partial charge in [0.15, 0.2) is 11.4 Å². The minimum absolute atomic E-state index is 0.0462. The molecule has 8 nitrogen and oxygen atoms in total. The third kappa shape index (κ3) is 4.82. The van der Waals surface area contributed by atoms with E-state index in [0.29, 0.717) is 0 Å². The number of hydrogen-bond acceptors (Lipinski definition) is 5. The molecule has 0 atom stereocenters. The molecule has 0 bridgehead atoms. The van der Waals surface area contributed by atoms with Gasteiger partial charge in [0, 0.05) is 11.6 Å². The number of carbonyl (C=O) groups is 2.